The first-order valence-electron chi connectivity index (χ1n) is 11.1. The Morgan fingerprint density at radius 1 is 1.00 bits per heavy atom. The summed E-state index contributed by atoms with van der Waals surface area (Å²) in [5.74, 6) is -0.588. The molecule has 0 bridgehead atoms. The van der Waals surface area contributed by atoms with E-state index in [0.717, 1.165) is 17.7 Å². The van der Waals surface area contributed by atoms with Gasteiger partial charge in [-0.2, -0.15) is 0 Å². The van der Waals surface area contributed by atoms with Crippen molar-refractivity contribution in [2.24, 2.45) is 0 Å². The third-order valence-electron chi connectivity index (χ3n) is 5.41. The van der Waals surface area contributed by atoms with Crippen LogP contribution in [0.2, 0.25) is 0 Å². The molecule has 1 heterocycles. The van der Waals surface area contributed by atoms with Gasteiger partial charge in [0, 0.05) is 11.3 Å². The number of imidazole rings is 1. The van der Waals surface area contributed by atoms with Gasteiger partial charge in [-0.3, -0.25) is 9.59 Å². The number of fused-ring (bicyclic) bond motifs is 1. The van der Waals surface area contributed by atoms with Crippen molar-refractivity contribution in [3.8, 4) is 5.75 Å². The van der Waals surface area contributed by atoms with E-state index in [1.54, 1.807) is 29.7 Å². The summed E-state index contributed by atoms with van der Waals surface area (Å²) in [7, 11) is 0. The zero-order valence-electron chi connectivity index (χ0n) is 19.5. The summed E-state index contributed by atoms with van der Waals surface area (Å²) in [6.07, 6.45) is -4.80. The van der Waals surface area contributed by atoms with Gasteiger partial charge >= 0.3 is 6.36 Å². The first-order chi connectivity index (χ1) is 17.1. The van der Waals surface area contributed by atoms with Crippen molar-refractivity contribution in [1.29, 1.82) is 0 Å². The highest BCUT2D eigenvalue weighted by molar-refractivity contribution is 5.94. The number of anilines is 1. The van der Waals surface area contributed by atoms with E-state index in [0.29, 0.717) is 28.1 Å². The number of carbonyl (C=O) groups excluding carboxylic acids is 2. The molecule has 4 aromatic rings. The average molecular weight is 496 g/mol. The monoisotopic (exact) mass is 496 g/mol. The molecule has 3 aromatic carbocycles. The van der Waals surface area contributed by atoms with Crippen LogP contribution in [0.25, 0.3) is 11.0 Å². The largest absolute Gasteiger partial charge is 0.573 e. The third-order valence-corrected chi connectivity index (χ3v) is 5.41. The molecule has 7 nitrogen and oxygen atoms in total. The summed E-state index contributed by atoms with van der Waals surface area (Å²) in [5, 5.41) is 5.58. The molecule has 0 aliphatic rings. The number of para-hydroxylation sites is 2. The van der Waals surface area contributed by atoms with Crippen LogP contribution in [0.3, 0.4) is 0 Å². The smallest absolute Gasteiger partial charge is 0.406 e. The maximum Gasteiger partial charge on any atom is 0.573 e. The number of aryl methyl sites for hydroxylation is 1. The fraction of sp³-hybridized carbons (Fsp3) is 0.192. The Morgan fingerprint density at radius 2 is 1.67 bits per heavy atom. The van der Waals surface area contributed by atoms with E-state index in [9.17, 15) is 22.8 Å². The maximum absolute atomic E-state index is 12.8. The van der Waals surface area contributed by atoms with E-state index in [2.05, 4.69) is 20.4 Å². The van der Waals surface area contributed by atoms with Gasteiger partial charge in [-0.15, -0.1) is 13.2 Å². The summed E-state index contributed by atoms with van der Waals surface area (Å²) in [6.45, 7) is 3.59. The molecule has 0 spiro atoms. The van der Waals surface area contributed by atoms with Crippen molar-refractivity contribution < 1.29 is 27.5 Å². The van der Waals surface area contributed by atoms with Crippen LogP contribution in [0.15, 0.2) is 72.8 Å². The zero-order chi connectivity index (χ0) is 25.9. The summed E-state index contributed by atoms with van der Waals surface area (Å²) >= 11 is 0. The number of hydrogen-bond acceptors (Lipinski definition) is 4. The van der Waals surface area contributed by atoms with Gasteiger partial charge in [-0.05, 0) is 62.4 Å². The Balaban J connectivity index is 1.51. The average Bonchev–Trinajstić information content (AvgIpc) is 3.18. The molecular weight excluding hydrogens is 473 g/mol. The van der Waals surface area contributed by atoms with Crippen molar-refractivity contribution >= 4 is 28.5 Å². The van der Waals surface area contributed by atoms with E-state index in [1.807, 2.05) is 37.3 Å². The molecule has 0 aliphatic carbocycles. The number of alkyl halides is 3. The van der Waals surface area contributed by atoms with Gasteiger partial charge in [0.2, 0.25) is 5.91 Å². The molecule has 10 heteroatoms. The highest BCUT2D eigenvalue weighted by Gasteiger charge is 2.31. The highest BCUT2D eigenvalue weighted by Crippen LogP contribution is 2.25. The Kier molecular flexibility index (Phi) is 6.96. The van der Waals surface area contributed by atoms with Gasteiger partial charge in [0.25, 0.3) is 5.91 Å². The molecule has 0 fully saturated rings. The van der Waals surface area contributed by atoms with Crippen LogP contribution in [0, 0.1) is 6.92 Å². The normalized spacial score (nSPS) is 12.2. The van der Waals surface area contributed by atoms with Crippen molar-refractivity contribution in [1.82, 2.24) is 14.9 Å². The second-order valence-electron chi connectivity index (χ2n) is 8.23. The number of aromatic nitrogens is 2. The van der Waals surface area contributed by atoms with Crippen molar-refractivity contribution in [2.75, 3.05) is 5.32 Å². The predicted octanol–water partition coefficient (Wildman–Crippen LogP) is 5.37. The molecule has 0 radical (unpaired) electrons. The van der Waals surface area contributed by atoms with Gasteiger partial charge in [-0.25, -0.2) is 4.98 Å². The molecule has 186 valence electrons. The highest BCUT2D eigenvalue weighted by atomic mass is 19.4. The molecule has 2 N–H and O–H groups in total. The Hall–Kier alpha value is -4.34. The summed E-state index contributed by atoms with van der Waals surface area (Å²) in [5.41, 5.74) is 3.21. The minimum absolute atomic E-state index is 0.124. The number of carbonyl (C=O) groups is 2. The fourth-order valence-electron chi connectivity index (χ4n) is 3.72. The lowest BCUT2D eigenvalue weighted by Crippen LogP contribution is -2.30. The number of rotatable bonds is 7. The van der Waals surface area contributed by atoms with Gasteiger partial charge in [0.15, 0.2) is 0 Å². The van der Waals surface area contributed by atoms with Crippen LogP contribution in [0.1, 0.15) is 34.7 Å². The molecule has 1 atom stereocenters. The standard InChI is InChI=1S/C26H23F3N4O3/c1-16-7-9-18(10-8-16)25(35)30-17(2)24-32-21-5-3-4-6-22(21)33(24)15-23(34)31-19-11-13-20(14-12-19)36-26(27,28)29/h3-14,17H,15H2,1-2H3,(H,30,35)(H,31,34)/t17-/m1/s1. The van der Waals surface area contributed by atoms with Crippen LogP contribution < -0.4 is 15.4 Å². The Bertz CT molecular complexity index is 1380. The number of amides is 2. The molecule has 4 rings (SSSR count). The van der Waals surface area contributed by atoms with Crippen molar-refractivity contribution in [3.63, 3.8) is 0 Å². The molecule has 0 saturated heterocycles. The summed E-state index contributed by atoms with van der Waals surface area (Å²) in [4.78, 5) is 30.2. The van der Waals surface area contributed by atoms with E-state index < -0.39 is 18.3 Å². The lowest BCUT2D eigenvalue weighted by molar-refractivity contribution is -0.274. The molecule has 0 unspecified atom stereocenters. The number of halogens is 3. The molecule has 2 amide bonds. The van der Waals surface area contributed by atoms with Crippen molar-refractivity contribution in [2.45, 2.75) is 32.8 Å². The van der Waals surface area contributed by atoms with Gasteiger partial charge < -0.3 is 19.9 Å². The Labute approximate surface area is 204 Å². The SMILES string of the molecule is Cc1ccc(C(=O)N[C@H](C)c2nc3ccccc3n2CC(=O)Nc2ccc(OC(F)(F)F)cc2)cc1. The van der Waals surface area contributed by atoms with Gasteiger partial charge in [0.05, 0.1) is 17.1 Å². The molecule has 36 heavy (non-hydrogen) atoms. The topological polar surface area (TPSA) is 85.2 Å². The number of ether oxygens (including phenoxy) is 1. The van der Waals surface area contributed by atoms with Gasteiger partial charge in [0.1, 0.15) is 18.1 Å². The minimum Gasteiger partial charge on any atom is -0.406 e. The Morgan fingerprint density at radius 3 is 2.33 bits per heavy atom. The molecule has 0 aliphatic heterocycles. The summed E-state index contributed by atoms with van der Waals surface area (Å²) in [6, 6.07) is 18.8. The number of hydrogen-bond donors (Lipinski definition) is 2. The number of nitrogens with one attached hydrogen (secondary N) is 2. The fourth-order valence-corrected chi connectivity index (χ4v) is 3.72. The third kappa shape index (κ3) is 6.01. The zero-order valence-corrected chi connectivity index (χ0v) is 19.5. The second kappa shape index (κ2) is 10.1. The summed E-state index contributed by atoms with van der Waals surface area (Å²) < 4.78 is 42.6. The van der Waals surface area contributed by atoms with Crippen LogP contribution in [-0.4, -0.2) is 27.7 Å². The number of benzene rings is 3. The quantitative estimate of drug-likeness (QED) is 0.360. The first kappa shape index (κ1) is 24.8. The van der Waals surface area contributed by atoms with E-state index >= 15 is 0 Å². The van der Waals surface area contributed by atoms with Crippen molar-refractivity contribution in [3.05, 3.63) is 89.7 Å². The lowest BCUT2D eigenvalue weighted by Gasteiger charge is -2.16. The predicted molar refractivity (Wildman–Crippen MR) is 129 cm³/mol. The molecule has 0 saturated carbocycles. The maximum atomic E-state index is 12.8. The number of nitrogens with zero attached hydrogens (tertiary/aromatic N) is 2. The lowest BCUT2D eigenvalue weighted by atomic mass is 10.1. The molecular formula is C26H23F3N4O3. The van der Waals surface area contributed by atoms with E-state index in [1.165, 1.54) is 12.1 Å². The van der Waals surface area contributed by atoms with Crippen LogP contribution >= 0.6 is 0 Å². The second-order valence-corrected chi connectivity index (χ2v) is 8.23. The first-order valence-corrected chi connectivity index (χ1v) is 11.1. The van der Waals surface area contributed by atoms with E-state index in [-0.39, 0.29) is 18.2 Å². The van der Waals surface area contributed by atoms with Gasteiger partial charge in [-0.1, -0.05) is 29.8 Å². The van der Waals surface area contributed by atoms with E-state index in [4.69, 9.17) is 0 Å². The van der Waals surface area contributed by atoms with Crippen LogP contribution in [0.4, 0.5) is 18.9 Å². The van der Waals surface area contributed by atoms with Crippen LogP contribution in [0.5, 0.6) is 5.75 Å². The van der Waals surface area contributed by atoms with Crippen LogP contribution in [-0.2, 0) is 11.3 Å². The minimum atomic E-state index is -4.80. The molecule has 1 aromatic heterocycles.